The number of aromatic nitrogens is 2. The van der Waals surface area contributed by atoms with E-state index in [4.69, 9.17) is 17.5 Å². The number of unbranched alkanes of at least 4 members (excludes halogenated alkanes) is 4. The minimum atomic E-state index is 0.768. The van der Waals surface area contributed by atoms with Crippen molar-refractivity contribution < 1.29 is 4.57 Å². The fraction of sp³-hybridized carbons (Fsp3) is 0.571. The minimum absolute atomic E-state index is 0.768. The Labute approximate surface area is 179 Å². The van der Waals surface area contributed by atoms with E-state index in [2.05, 4.69) is 32.1 Å². The summed E-state index contributed by atoms with van der Waals surface area (Å²) in [5.41, 5.74) is 7.72. The van der Waals surface area contributed by atoms with E-state index in [-0.39, 0.29) is 0 Å². The average molecular weight is 421 g/mol. The van der Waals surface area contributed by atoms with Crippen LogP contribution in [0.5, 0.6) is 0 Å². The lowest BCUT2D eigenvalue weighted by Crippen LogP contribution is -2.26. The smallest absolute Gasteiger partial charge is 0.372 e. The molecule has 0 spiro atoms. The molecule has 7 nitrogen and oxygen atoms in total. The Balaban J connectivity index is 1.97. The van der Waals surface area contributed by atoms with Crippen LogP contribution in [0.2, 0.25) is 0 Å². The number of hydrogen-bond acceptors (Lipinski definition) is 5. The maximum Gasteiger partial charge on any atom is 0.421 e. The van der Waals surface area contributed by atoms with Gasteiger partial charge in [0.05, 0.1) is 26.5 Å². The van der Waals surface area contributed by atoms with Crippen LogP contribution >= 0.6 is 11.8 Å². The molecule has 0 aliphatic rings. The third kappa shape index (κ3) is 8.12. The molecule has 0 bridgehead atoms. The van der Waals surface area contributed by atoms with Crippen LogP contribution < -0.4 is 20.0 Å². The zero-order chi connectivity index (χ0) is 20.9. The largest absolute Gasteiger partial charge is 0.421 e. The summed E-state index contributed by atoms with van der Waals surface area (Å²) in [5.74, 6) is 0.807. The molecule has 0 saturated heterocycles. The second-order valence-electron chi connectivity index (χ2n) is 7.32. The first-order chi connectivity index (χ1) is 14.2. The van der Waals surface area contributed by atoms with Gasteiger partial charge >= 0.3 is 5.95 Å². The number of aryl methyl sites for hydroxylation is 2. The molecule has 2 rings (SSSR count). The molecule has 160 valence electrons. The van der Waals surface area contributed by atoms with Crippen molar-refractivity contribution in [3.05, 3.63) is 36.7 Å². The first kappa shape index (κ1) is 23.3. The molecule has 1 aromatic carbocycles. The number of azo groups is 1. The van der Waals surface area contributed by atoms with Gasteiger partial charge in [-0.05, 0) is 68.3 Å². The lowest BCUT2D eigenvalue weighted by molar-refractivity contribution is -0.657. The van der Waals surface area contributed by atoms with Gasteiger partial charge in [0.1, 0.15) is 5.69 Å². The first-order valence-electron chi connectivity index (χ1n) is 10.5. The summed E-state index contributed by atoms with van der Waals surface area (Å²) in [4.78, 5) is 5.16. The van der Waals surface area contributed by atoms with E-state index in [1.165, 1.54) is 18.5 Å². The number of nitrogens with zero attached hydrogens (tertiary/aromatic N) is 5. The zero-order valence-electron chi connectivity index (χ0n) is 17.7. The van der Waals surface area contributed by atoms with Crippen molar-refractivity contribution >= 4 is 29.1 Å². The van der Waals surface area contributed by atoms with E-state index in [0.29, 0.717) is 0 Å². The van der Waals surface area contributed by atoms with Crippen molar-refractivity contribution in [2.75, 3.05) is 31.1 Å². The lowest BCUT2D eigenvalue weighted by Gasteiger charge is -2.25. The van der Waals surface area contributed by atoms with Crippen LogP contribution in [0.3, 0.4) is 0 Å². The molecular formula is C21H35ClN7+. The van der Waals surface area contributed by atoms with Crippen LogP contribution in [0.15, 0.2) is 46.9 Å². The Kier molecular flexibility index (Phi) is 10.7. The van der Waals surface area contributed by atoms with E-state index < -0.39 is 0 Å². The van der Waals surface area contributed by atoms with Crippen molar-refractivity contribution in [1.82, 2.24) is 9.40 Å². The van der Waals surface area contributed by atoms with Gasteiger partial charge in [-0.25, -0.2) is 14.0 Å². The summed E-state index contributed by atoms with van der Waals surface area (Å²) in [6, 6.07) is 8.35. The van der Waals surface area contributed by atoms with Crippen molar-refractivity contribution in [2.45, 2.75) is 38.5 Å². The van der Waals surface area contributed by atoms with Crippen LogP contribution in [0.4, 0.5) is 17.3 Å². The van der Waals surface area contributed by atoms with Gasteiger partial charge in [-0.15, -0.1) is 0 Å². The summed E-state index contributed by atoms with van der Waals surface area (Å²) < 4.78 is 3.89. The van der Waals surface area contributed by atoms with E-state index in [1.54, 1.807) is 0 Å². The van der Waals surface area contributed by atoms with Crippen LogP contribution in [0, 0.1) is 0 Å². The molecule has 0 aliphatic heterocycles. The molecular weight excluding hydrogens is 386 g/mol. The molecule has 3 N–H and O–H groups in total. The summed E-state index contributed by atoms with van der Waals surface area (Å²) in [6.07, 6.45) is 10.8. The van der Waals surface area contributed by atoms with Crippen molar-refractivity contribution in [3.8, 4) is 0 Å². The summed E-state index contributed by atoms with van der Waals surface area (Å²) in [5, 5.41) is 8.75. The normalized spacial score (nSPS) is 11.4. The predicted molar refractivity (Wildman–Crippen MR) is 120 cm³/mol. The molecule has 0 radical (unpaired) electrons. The van der Waals surface area contributed by atoms with E-state index in [0.717, 1.165) is 63.5 Å². The quantitative estimate of drug-likeness (QED) is 0.209. The van der Waals surface area contributed by atoms with Crippen LogP contribution in [-0.4, -0.2) is 30.7 Å². The van der Waals surface area contributed by atoms with E-state index in [9.17, 15) is 0 Å². The zero-order valence-corrected chi connectivity index (χ0v) is 18.5. The van der Waals surface area contributed by atoms with E-state index >= 15 is 0 Å². The highest BCUT2D eigenvalue weighted by atomic mass is 35.5. The number of rotatable bonds is 14. The molecule has 0 atom stereocenters. The Hall–Kier alpha value is -1.96. The molecule has 1 heterocycles. The number of nitrogens with one attached hydrogen (secondary N) is 1. The molecule has 29 heavy (non-hydrogen) atoms. The van der Waals surface area contributed by atoms with E-state index in [1.807, 2.05) is 47.8 Å². The Bertz CT molecular complexity index is 708. The highest BCUT2D eigenvalue weighted by Gasteiger charge is 2.11. The van der Waals surface area contributed by atoms with Crippen LogP contribution in [-0.2, 0) is 14.1 Å². The molecule has 1 aromatic heterocycles. The number of halogens is 1. The number of anilines is 1. The molecule has 0 aliphatic carbocycles. The van der Waals surface area contributed by atoms with Gasteiger partial charge in [0, 0.05) is 30.4 Å². The second kappa shape index (κ2) is 13.3. The Morgan fingerprint density at radius 3 is 2.31 bits per heavy atom. The Morgan fingerprint density at radius 2 is 1.72 bits per heavy atom. The molecule has 0 fully saturated rings. The summed E-state index contributed by atoms with van der Waals surface area (Å²) >= 11 is 5.54. The van der Waals surface area contributed by atoms with Gasteiger partial charge in [0.2, 0.25) is 0 Å². The third-order valence-electron chi connectivity index (χ3n) is 4.95. The number of imidazole rings is 1. The van der Waals surface area contributed by atoms with Crippen molar-refractivity contribution in [1.29, 1.82) is 0 Å². The summed E-state index contributed by atoms with van der Waals surface area (Å²) in [7, 11) is 3.92. The SMILES string of the molecule is Cn1cc[n+](C)c1N=Nc1ccc(N(CCCCCN)CCCCCNCl)cc1. The van der Waals surface area contributed by atoms with Gasteiger partial charge in [0.15, 0.2) is 0 Å². The molecule has 8 heteroatoms. The first-order valence-corrected chi connectivity index (χ1v) is 10.8. The monoisotopic (exact) mass is 420 g/mol. The van der Waals surface area contributed by atoms with Crippen molar-refractivity contribution in [2.24, 2.45) is 30.1 Å². The third-order valence-corrected chi connectivity index (χ3v) is 5.14. The van der Waals surface area contributed by atoms with Gasteiger partial charge in [0.25, 0.3) is 0 Å². The standard InChI is InChI=1S/C21H35ClN7/c1-27-17-18-28(2)21(27)26-25-19-9-11-20(12-10-19)29(15-7-3-5-13-23)16-8-4-6-14-24-22/h9-12,17-18,24H,3-8,13-16,23H2,1-2H3/q+1. The predicted octanol–water partition coefficient (Wildman–Crippen LogP) is 4.11. The number of benzene rings is 1. The Morgan fingerprint density at radius 1 is 1.03 bits per heavy atom. The van der Waals surface area contributed by atoms with Gasteiger partial charge in [-0.2, -0.15) is 0 Å². The molecule has 0 saturated carbocycles. The topological polar surface area (TPSA) is 74.8 Å². The maximum atomic E-state index is 5.63. The van der Waals surface area contributed by atoms with Crippen LogP contribution in [0.25, 0.3) is 0 Å². The highest BCUT2D eigenvalue weighted by molar-refractivity contribution is 6.13. The van der Waals surface area contributed by atoms with Gasteiger partial charge in [-0.1, -0.05) is 18.0 Å². The number of nitrogens with two attached hydrogens (primary N) is 1. The molecule has 2 aromatic rings. The lowest BCUT2D eigenvalue weighted by atomic mass is 10.1. The highest BCUT2D eigenvalue weighted by Crippen LogP contribution is 2.22. The average Bonchev–Trinajstić information content (AvgIpc) is 3.06. The minimum Gasteiger partial charge on any atom is -0.372 e. The van der Waals surface area contributed by atoms with Crippen LogP contribution in [0.1, 0.15) is 38.5 Å². The fourth-order valence-electron chi connectivity index (χ4n) is 3.22. The van der Waals surface area contributed by atoms with Gasteiger partial charge in [-0.3, -0.25) is 0 Å². The second-order valence-corrected chi connectivity index (χ2v) is 7.58. The van der Waals surface area contributed by atoms with Crippen molar-refractivity contribution in [3.63, 3.8) is 0 Å². The summed E-state index contributed by atoms with van der Waals surface area (Å²) in [6.45, 7) is 3.72. The van der Waals surface area contributed by atoms with Gasteiger partial charge < -0.3 is 10.6 Å². The maximum absolute atomic E-state index is 5.63. The molecule has 0 unspecified atom stereocenters. The number of hydrogen-bond donors (Lipinski definition) is 2. The fourth-order valence-corrected chi connectivity index (χ4v) is 3.35. The molecule has 0 amide bonds.